The highest BCUT2D eigenvalue weighted by molar-refractivity contribution is 5.79. The van der Waals surface area contributed by atoms with Crippen LogP contribution in [0.15, 0.2) is 0 Å². The molecule has 1 fully saturated rings. The summed E-state index contributed by atoms with van der Waals surface area (Å²) in [5, 5.41) is 0. The second-order valence-corrected chi connectivity index (χ2v) is 6.68. The first-order chi connectivity index (χ1) is 8.25. The van der Waals surface area contributed by atoms with Crippen molar-refractivity contribution < 1.29 is 19.3 Å². The summed E-state index contributed by atoms with van der Waals surface area (Å²) in [5.74, 6) is -1.15. The molecule has 4 nitrogen and oxygen atoms in total. The van der Waals surface area contributed by atoms with Gasteiger partial charge >= 0.3 is 11.8 Å². The minimum atomic E-state index is -1.09. The lowest BCUT2D eigenvalue weighted by Gasteiger charge is -2.17. The maximum absolute atomic E-state index is 11.8. The normalized spacial score (nSPS) is 17.9. The fourth-order valence-electron chi connectivity index (χ4n) is 1.67. The smallest absolute Gasteiger partial charge is 0.372 e. The van der Waals surface area contributed by atoms with E-state index in [9.17, 15) is 4.79 Å². The average molecular weight is 258 g/mol. The summed E-state index contributed by atoms with van der Waals surface area (Å²) in [6.45, 7) is 11.0. The van der Waals surface area contributed by atoms with E-state index in [0.29, 0.717) is 24.4 Å². The number of hydrogen-bond donors (Lipinski definition) is 0. The maximum Gasteiger partial charge on any atom is 0.372 e. The average Bonchev–Trinajstić information content (AvgIpc) is 3.01. The van der Waals surface area contributed by atoms with E-state index in [-0.39, 0.29) is 5.97 Å². The number of carbonyl (C=O) groups is 1. The fraction of sp³-hybridized carbons (Fsp3) is 0.929. The fourth-order valence-corrected chi connectivity index (χ4v) is 1.67. The number of rotatable bonds is 7. The Morgan fingerprint density at radius 1 is 1.22 bits per heavy atom. The molecule has 4 heteroatoms. The number of unbranched alkanes of at least 4 members (excludes halogenated alkanes) is 1. The topological polar surface area (TPSA) is 51.4 Å². The molecule has 1 aliphatic rings. The van der Waals surface area contributed by atoms with Gasteiger partial charge in [-0.15, -0.1) is 0 Å². The second kappa shape index (κ2) is 6.02. The van der Waals surface area contributed by atoms with Gasteiger partial charge in [0.2, 0.25) is 0 Å². The third-order valence-electron chi connectivity index (χ3n) is 2.83. The monoisotopic (exact) mass is 258 g/mol. The third kappa shape index (κ3) is 5.36. The number of hydrogen-bond acceptors (Lipinski definition) is 4. The van der Waals surface area contributed by atoms with Crippen LogP contribution in [0, 0.1) is 11.3 Å². The van der Waals surface area contributed by atoms with Crippen molar-refractivity contribution in [2.45, 2.75) is 66.1 Å². The maximum atomic E-state index is 11.8. The number of esters is 1. The molecule has 0 spiro atoms. The highest BCUT2D eigenvalue weighted by atomic mass is 17.4. The Balaban J connectivity index is 2.22. The summed E-state index contributed by atoms with van der Waals surface area (Å²) >= 11 is 0. The van der Waals surface area contributed by atoms with E-state index in [4.69, 9.17) is 14.5 Å². The Labute approximate surface area is 110 Å². The van der Waals surface area contributed by atoms with Crippen LogP contribution in [0.2, 0.25) is 0 Å². The molecule has 0 amide bonds. The zero-order chi connectivity index (χ0) is 13.8. The van der Waals surface area contributed by atoms with Gasteiger partial charge in [0, 0.05) is 6.42 Å². The molecular formula is C14H26O4. The van der Waals surface area contributed by atoms with Crippen LogP contribution in [0.25, 0.3) is 0 Å². The summed E-state index contributed by atoms with van der Waals surface area (Å²) in [6, 6.07) is 0. The molecule has 18 heavy (non-hydrogen) atoms. The van der Waals surface area contributed by atoms with Crippen LogP contribution in [0.3, 0.4) is 0 Å². The van der Waals surface area contributed by atoms with Crippen molar-refractivity contribution in [3.05, 3.63) is 0 Å². The minimum Gasteiger partial charge on any atom is -0.461 e. The molecule has 0 aromatic carbocycles. The minimum absolute atomic E-state index is 0.325. The number of carbonyl (C=O) groups excluding carboxylic acids is 1. The summed E-state index contributed by atoms with van der Waals surface area (Å²) in [7, 11) is 0. The Bertz CT molecular complexity index is 274. The second-order valence-electron chi connectivity index (χ2n) is 6.68. The molecule has 0 N–H and O–H groups in total. The first-order valence-corrected chi connectivity index (χ1v) is 6.79. The predicted octanol–water partition coefficient (Wildman–Crippen LogP) is 3.45. The largest absolute Gasteiger partial charge is 0.461 e. The first kappa shape index (κ1) is 15.4. The summed E-state index contributed by atoms with van der Waals surface area (Å²) in [5.41, 5.74) is 0.330. The molecule has 1 rings (SSSR count). The van der Waals surface area contributed by atoms with Crippen molar-refractivity contribution in [1.29, 1.82) is 0 Å². The van der Waals surface area contributed by atoms with Crippen molar-refractivity contribution in [3.63, 3.8) is 0 Å². The molecule has 0 bridgehead atoms. The van der Waals surface area contributed by atoms with Gasteiger partial charge in [0.15, 0.2) is 0 Å². The molecule has 1 saturated heterocycles. The van der Waals surface area contributed by atoms with E-state index in [2.05, 4.69) is 20.8 Å². The molecule has 0 aliphatic carbocycles. The van der Waals surface area contributed by atoms with Crippen LogP contribution < -0.4 is 0 Å². The van der Waals surface area contributed by atoms with E-state index >= 15 is 0 Å². The molecule has 0 aromatic rings. The standard InChI is InChI=1S/C14H26O4/c1-11(2)10-16-12(15)14(17-18-14)9-7-6-8-13(3,4)5/h11H,6-10H2,1-5H3. The van der Waals surface area contributed by atoms with Gasteiger partial charge in [-0.3, -0.25) is 0 Å². The summed E-state index contributed by atoms with van der Waals surface area (Å²) in [4.78, 5) is 21.4. The van der Waals surface area contributed by atoms with E-state index in [1.54, 1.807) is 0 Å². The van der Waals surface area contributed by atoms with Crippen molar-refractivity contribution in [2.24, 2.45) is 11.3 Å². The lowest BCUT2D eigenvalue weighted by Crippen LogP contribution is -2.28. The van der Waals surface area contributed by atoms with Crippen molar-refractivity contribution >= 4 is 5.97 Å². The van der Waals surface area contributed by atoms with Crippen LogP contribution in [0.4, 0.5) is 0 Å². The van der Waals surface area contributed by atoms with Gasteiger partial charge < -0.3 is 4.74 Å². The van der Waals surface area contributed by atoms with Gasteiger partial charge in [-0.1, -0.05) is 41.0 Å². The lowest BCUT2D eigenvalue weighted by molar-refractivity contribution is -0.152. The van der Waals surface area contributed by atoms with Crippen LogP contribution in [-0.2, 0) is 19.3 Å². The van der Waals surface area contributed by atoms with Crippen molar-refractivity contribution in [1.82, 2.24) is 0 Å². The van der Waals surface area contributed by atoms with E-state index in [1.807, 2.05) is 13.8 Å². The molecule has 0 atom stereocenters. The Hall–Kier alpha value is -0.610. The zero-order valence-electron chi connectivity index (χ0n) is 12.2. The molecule has 0 unspecified atom stereocenters. The Kier molecular flexibility index (Phi) is 5.17. The van der Waals surface area contributed by atoms with Gasteiger partial charge in [0.25, 0.3) is 0 Å². The van der Waals surface area contributed by atoms with Crippen LogP contribution in [0.5, 0.6) is 0 Å². The van der Waals surface area contributed by atoms with Crippen LogP contribution in [-0.4, -0.2) is 18.4 Å². The molecular weight excluding hydrogens is 232 g/mol. The quantitative estimate of drug-likeness (QED) is 0.304. The van der Waals surface area contributed by atoms with E-state index in [1.165, 1.54) is 0 Å². The molecule has 0 saturated carbocycles. The third-order valence-corrected chi connectivity index (χ3v) is 2.83. The highest BCUT2D eigenvalue weighted by Gasteiger charge is 2.57. The van der Waals surface area contributed by atoms with Crippen molar-refractivity contribution in [2.75, 3.05) is 6.61 Å². The SMILES string of the molecule is CC(C)COC(=O)C1(CCCCC(C)(C)C)OO1. The van der Waals surface area contributed by atoms with Gasteiger partial charge in [0.05, 0.1) is 6.61 Å². The molecule has 0 aromatic heterocycles. The van der Waals surface area contributed by atoms with E-state index < -0.39 is 5.79 Å². The molecule has 1 aliphatic heterocycles. The molecule has 0 radical (unpaired) electrons. The van der Waals surface area contributed by atoms with E-state index in [0.717, 1.165) is 19.3 Å². The lowest BCUT2D eigenvalue weighted by atomic mass is 9.89. The van der Waals surface area contributed by atoms with Crippen LogP contribution in [0.1, 0.15) is 60.3 Å². The van der Waals surface area contributed by atoms with Crippen molar-refractivity contribution in [3.8, 4) is 0 Å². The molecule has 1 heterocycles. The van der Waals surface area contributed by atoms with Gasteiger partial charge in [-0.2, -0.15) is 9.78 Å². The van der Waals surface area contributed by atoms with Crippen LogP contribution >= 0.6 is 0 Å². The Morgan fingerprint density at radius 3 is 2.28 bits per heavy atom. The van der Waals surface area contributed by atoms with Gasteiger partial charge in [0.1, 0.15) is 0 Å². The highest BCUT2D eigenvalue weighted by Crippen LogP contribution is 2.37. The van der Waals surface area contributed by atoms with Gasteiger partial charge in [-0.05, 0) is 24.2 Å². The number of ether oxygens (including phenoxy) is 1. The zero-order valence-corrected chi connectivity index (χ0v) is 12.2. The molecule has 106 valence electrons. The Morgan fingerprint density at radius 2 is 1.83 bits per heavy atom. The first-order valence-electron chi connectivity index (χ1n) is 6.79. The summed E-state index contributed by atoms with van der Waals surface area (Å²) < 4.78 is 5.14. The predicted molar refractivity (Wildman–Crippen MR) is 68.6 cm³/mol. The van der Waals surface area contributed by atoms with Gasteiger partial charge in [-0.25, -0.2) is 4.79 Å². The summed E-state index contributed by atoms with van der Waals surface area (Å²) in [6.07, 6.45) is 3.69.